The highest BCUT2D eigenvalue weighted by Crippen LogP contribution is 2.42. The van der Waals surface area contributed by atoms with Crippen LogP contribution in [0, 0.1) is 0 Å². The van der Waals surface area contributed by atoms with Gasteiger partial charge in [0.25, 0.3) is 0 Å². The Kier molecular flexibility index (Phi) is 6.41. The van der Waals surface area contributed by atoms with E-state index in [4.69, 9.17) is 0 Å². The first-order valence-electron chi connectivity index (χ1n) is 20.0. The summed E-state index contributed by atoms with van der Waals surface area (Å²) in [6, 6.07) is 75.4. The van der Waals surface area contributed by atoms with Crippen LogP contribution in [0.2, 0.25) is 0 Å². The van der Waals surface area contributed by atoms with Crippen LogP contribution in [0.3, 0.4) is 0 Å². The minimum atomic E-state index is 1.13. The second-order valence-electron chi connectivity index (χ2n) is 15.3. The van der Waals surface area contributed by atoms with Crippen molar-refractivity contribution in [3.05, 3.63) is 206 Å². The Morgan fingerprint density at radius 2 is 0.621 bits per heavy atom. The van der Waals surface area contributed by atoms with E-state index in [1.54, 1.807) is 0 Å². The number of fused-ring (bicyclic) bond motifs is 12. The Hall–Kier alpha value is -7.82. The van der Waals surface area contributed by atoms with Gasteiger partial charge in [0.05, 0.1) is 49.8 Å². The van der Waals surface area contributed by atoms with Crippen LogP contribution >= 0.6 is 0 Å². The van der Waals surface area contributed by atoms with Gasteiger partial charge in [-0.25, -0.2) is 0 Å². The molecule has 0 radical (unpaired) electrons. The summed E-state index contributed by atoms with van der Waals surface area (Å²) in [5, 5.41) is 9.96. The molecule has 4 aromatic heterocycles. The highest BCUT2D eigenvalue weighted by molar-refractivity contribution is 6.18. The van der Waals surface area contributed by atoms with Crippen LogP contribution in [0.25, 0.3) is 110 Å². The van der Waals surface area contributed by atoms with Gasteiger partial charge < -0.3 is 18.3 Å². The van der Waals surface area contributed by atoms with E-state index in [0.717, 1.165) is 17.1 Å². The first-order valence-corrected chi connectivity index (χ1v) is 20.0. The molecule has 0 aliphatic rings. The average molecular weight is 739 g/mol. The molecule has 0 aliphatic heterocycles. The van der Waals surface area contributed by atoms with Gasteiger partial charge in [0.2, 0.25) is 0 Å². The zero-order chi connectivity index (χ0) is 37.9. The maximum Gasteiger partial charge on any atom is 0.0562 e. The molecule has 0 N–H and O–H groups in total. The van der Waals surface area contributed by atoms with Crippen molar-refractivity contribution < 1.29 is 0 Å². The second-order valence-corrected chi connectivity index (χ2v) is 15.3. The predicted molar refractivity (Wildman–Crippen MR) is 244 cm³/mol. The molecule has 4 heterocycles. The van der Waals surface area contributed by atoms with Gasteiger partial charge in [-0.1, -0.05) is 121 Å². The fourth-order valence-electron chi connectivity index (χ4n) is 9.98. The van der Waals surface area contributed by atoms with E-state index in [2.05, 4.69) is 225 Å². The van der Waals surface area contributed by atoms with Gasteiger partial charge in [-0.15, -0.1) is 0 Å². The minimum absolute atomic E-state index is 1.13. The highest BCUT2D eigenvalue weighted by atomic mass is 15.0. The molecule has 0 saturated carbocycles. The van der Waals surface area contributed by atoms with Crippen molar-refractivity contribution in [3.8, 4) is 22.7 Å². The van der Waals surface area contributed by atoms with Gasteiger partial charge >= 0.3 is 0 Å². The quantitative estimate of drug-likeness (QED) is 0.171. The van der Waals surface area contributed by atoms with Gasteiger partial charge in [-0.3, -0.25) is 0 Å². The third-order valence-corrected chi connectivity index (χ3v) is 12.3. The van der Waals surface area contributed by atoms with Crippen molar-refractivity contribution in [2.45, 2.75) is 0 Å². The van der Waals surface area contributed by atoms with Crippen LogP contribution in [-0.4, -0.2) is 18.3 Å². The standard InChI is InChI=1S/C54H34N4/c1-2-15-35(16-3-1)55-45-22-9-6-19-40(45)42-31-29-37(34-53(42)55)57-49-26-13-8-21-43(49)54-51(57)27-14-28-52(54)58-48-25-12-7-20-41(48)44-33-36(30-32-50(44)58)56-46-23-10-4-17-38(46)39-18-5-11-24-47(39)56/h1-34H. The molecule has 13 rings (SSSR count). The lowest BCUT2D eigenvalue weighted by Gasteiger charge is -2.13. The van der Waals surface area contributed by atoms with Gasteiger partial charge in [0.15, 0.2) is 0 Å². The zero-order valence-electron chi connectivity index (χ0n) is 31.4. The molecule has 0 bridgehead atoms. The molecule has 0 unspecified atom stereocenters. The summed E-state index contributed by atoms with van der Waals surface area (Å²) in [5.74, 6) is 0. The molecular weight excluding hydrogens is 705 g/mol. The topological polar surface area (TPSA) is 19.7 Å². The van der Waals surface area contributed by atoms with E-state index in [1.165, 1.54) is 92.9 Å². The van der Waals surface area contributed by atoms with Gasteiger partial charge in [-0.05, 0) is 84.9 Å². The van der Waals surface area contributed by atoms with Crippen LogP contribution < -0.4 is 0 Å². The lowest BCUT2D eigenvalue weighted by molar-refractivity contribution is 1.15. The van der Waals surface area contributed by atoms with E-state index in [-0.39, 0.29) is 0 Å². The van der Waals surface area contributed by atoms with Crippen molar-refractivity contribution in [2.24, 2.45) is 0 Å². The largest absolute Gasteiger partial charge is 0.309 e. The van der Waals surface area contributed by atoms with E-state index in [9.17, 15) is 0 Å². The Bertz CT molecular complexity index is 3740. The van der Waals surface area contributed by atoms with Crippen molar-refractivity contribution in [1.82, 2.24) is 18.3 Å². The van der Waals surface area contributed by atoms with E-state index >= 15 is 0 Å². The number of hydrogen-bond acceptors (Lipinski definition) is 0. The SMILES string of the molecule is c1ccc(-n2c3ccccc3c3ccc(-n4c5ccccc5c5c(-n6c7ccccc7c7cc(-n8c9ccccc9c9ccccc98)ccc76)cccc54)cc32)cc1. The van der Waals surface area contributed by atoms with Crippen LogP contribution in [0.5, 0.6) is 0 Å². The number of rotatable bonds is 4. The lowest BCUT2D eigenvalue weighted by Crippen LogP contribution is -1.98. The number of hydrogen-bond donors (Lipinski definition) is 0. The maximum absolute atomic E-state index is 2.48. The molecule has 270 valence electrons. The molecule has 0 aliphatic carbocycles. The molecule has 0 saturated heterocycles. The van der Waals surface area contributed by atoms with Crippen LogP contribution in [-0.2, 0) is 0 Å². The van der Waals surface area contributed by atoms with Gasteiger partial charge in [-0.2, -0.15) is 0 Å². The monoisotopic (exact) mass is 738 g/mol. The van der Waals surface area contributed by atoms with Gasteiger partial charge in [0.1, 0.15) is 0 Å². The Morgan fingerprint density at radius 1 is 0.207 bits per heavy atom. The molecule has 0 amide bonds. The first-order chi connectivity index (χ1) is 28.8. The number of nitrogens with zero attached hydrogens (tertiary/aromatic N) is 4. The summed E-state index contributed by atoms with van der Waals surface area (Å²) >= 11 is 0. The third-order valence-electron chi connectivity index (χ3n) is 12.3. The maximum atomic E-state index is 2.48. The molecule has 4 nitrogen and oxygen atoms in total. The van der Waals surface area contributed by atoms with Crippen LogP contribution in [0.15, 0.2) is 206 Å². The average Bonchev–Trinajstić information content (AvgIpc) is 4.01. The van der Waals surface area contributed by atoms with Crippen molar-refractivity contribution >= 4 is 87.2 Å². The van der Waals surface area contributed by atoms with Crippen molar-refractivity contribution in [1.29, 1.82) is 0 Å². The Balaban J connectivity index is 1.07. The number of benzene rings is 9. The molecule has 58 heavy (non-hydrogen) atoms. The highest BCUT2D eigenvalue weighted by Gasteiger charge is 2.22. The zero-order valence-corrected chi connectivity index (χ0v) is 31.4. The third kappa shape index (κ3) is 4.23. The Labute approximate surface area is 333 Å². The normalized spacial score (nSPS) is 12.1. The van der Waals surface area contributed by atoms with Crippen LogP contribution in [0.1, 0.15) is 0 Å². The van der Waals surface area contributed by atoms with E-state index in [1.807, 2.05) is 0 Å². The fourth-order valence-corrected chi connectivity index (χ4v) is 9.98. The van der Waals surface area contributed by atoms with Crippen LogP contribution in [0.4, 0.5) is 0 Å². The molecular formula is C54H34N4. The molecule has 13 aromatic rings. The van der Waals surface area contributed by atoms with Crippen molar-refractivity contribution in [2.75, 3.05) is 0 Å². The Morgan fingerprint density at radius 3 is 1.26 bits per heavy atom. The lowest BCUT2D eigenvalue weighted by atomic mass is 10.1. The predicted octanol–water partition coefficient (Wildman–Crippen LogP) is 14.1. The summed E-state index contributed by atoms with van der Waals surface area (Å²) in [6.07, 6.45) is 0. The minimum Gasteiger partial charge on any atom is -0.309 e. The molecule has 9 aromatic carbocycles. The second kappa shape index (κ2) is 11.8. The summed E-state index contributed by atoms with van der Waals surface area (Å²) < 4.78 is 9.75. The first kappa shape index (κ1) is 31.4. The number of para-hydroxylation sites is 6. The molecule has 4 heteroatoms. The molecule has 0 atom stereocenters. The number of aromatic nitrogens is 4. The van der Waals surface area contributed by atoms with Gasteiger partial charge in [0, 0.05) is 60.2 Å². The molecule has 0 fully saturated rings. The fraction of sp³-hybridized carbons (Fsp3) is 0. The summed E-state index contributed by atoms with van der Waals surface area (Å²) in [5.41, 5.74) is 14.2. The van der Waals surface area contributed by atoms with E-state index < -0.39 is 0 Å². The summed E-state index contributed by atoms with van der Waals surface area (Å²) in [6.45, 7) is 0. The van der Waals surface area contributed by atoms with E-state index in [0.29, 0.717) is 0 Å². The summed E-state index contributed by atoms with van der Waals surface area (Å²) in [7, 11) is 0. The molecule has 0 spiro atoms. The smallest absolute Gasteiger partial charge is 0.0562 e. The summed E-state index contributed by atoms with van der Waals surface area (Å²) in [4.78, 5) is 0. The van der Waals surface area contributed by atoms with Crippen molar-refractivity contribution in [3.63, 3.8) is 0 Å².